The number of rotatable bonds is 10. The predicted molar refractivity (Wildman–Crippen MR) is 240 cm³/mol. The van der Waals surface area contributed by atoms with Gasteiger partial charge in [-0.1, -0.05) is 111 Å². The summed E-state index contributed by atoms with van der Waals surface area (Å²) in [4.78, 5) is 63.5. The lowest BCUT2D eigenvalue weighted by atomic mass is 9.90. The van der Waals surface area contributed by atoms with Crippen molar-refractivity contribution >= 4 is 52.1 Å². The van der Waals surface area contributed by atoms with Gasteiger partial charge in [0.2, 0.25) is 23.6 Å². The van der Waals surface area contributed by atoms with Crippen LogP contribution in [0, 0.1) is 5.92 Å². The van der Waals surface area contributed by atoms with Crippen LogP contribution in [0.25, 0.3) is 10.9 Å². The number of nitrogens with one attached hydrogen (secondary N) is 5. The Hall–Kier alpha value is -5.36. The van der Waals surface area contributed by atoms with Crippen LogP contribution >= 0.6 is 11.6 Å². The van der Waals surface area contributed by atoms with Crippen molar-refractivity contribution in [1.29, 1.82) is 0 Å². The Morgan fingerprint density at radius 1 is 0.667 bits per heavy atom. The second-order valence-corrected chi connectivity index (χ2v) is 16.5. The zero-order chi connectivity index (χ0) is 42.5. The van der Waals surface area contributed by atoms with Crippen LogP contribution in [-0.4, -0.2) is 65.8 Å². The minimum atomic E-state index is -0.974. The molecule has 0 saturated carbocycles. The van der Waals surface area contributed by atoms with Crippen LogP contribution < -0.4 is 32.7 Å². The van der Waals surface area contributed by atoms with Gasteiger partial charge in [-0.25, -0.2) is 0 Å². The molecule has 2 heterocycles. The molecule has 4 atom stereocenters. The fraction of sp³-hybridized carbons (Fsp3) is 0.468. The third-order valence-corrected chi connectivity index (χ3v) is 11.5. The molecule has 0 bridgehead atoms. The zero-order valence-corrected chi connectivity index (χ0v) is 35.5. The molecule has 0 spiro atoms. The summed E-state index contributed by atoms with van der Waals surface area (Å²) in [5.74, 6) is -1.60. The first-order valence-corrected chi connectivity index (χ1v) is 22.1. The molecule has 4 aromatic rings. The molecule has 0 unspecified atom stereocenters. The summed E-state index contributed by atoms with van der Waals surface area (Å²) < 4.78 is 0. The molecule has 1 aliphatic heterocycles. The lowest BCUT2D eigenvalue weighted by Crippen LogP contribution is -2.55. The number of guanidine groups is 1. The van der Waals surface area contributed by atoms with Crippen LogP contribution in [-0.2, 0) is 38.4 Å². The number of para-hydroxylation sites is 1. The van der Waals surface area contributed by atoms with Gasteiger partial charge in [0, 0.05) is 60.0 Å². The van der Waals surface area contributed by atoms with Crippen molar-refractivity contribution in [3.8, 4) is 0 Å². The van der Waals surface area contributed by atoms with Crippen molar-refractivity contribution in [3.05, 3.63) is 107 Å². The lowest BCUT2D eigenvalue weighted by molar-refractivity contribution is -0.133. The average molecular weight is 840 g/mol. The van der Waals surface area contributed by atoms with E-state index < -0.39 is 23.9 Å². The van der Waals surface area contributed by atoms with E-state index in [1.54, 1.807) is 0 Å². The number of aromatic nitrogens is 1. The van der Waals surface area contributed by atoms with E-state index in [-0.39, 0.29) is 49.1 Å². The smallest absolute Gasteiger partial charge is 0.243 e. The zero-order valence-electron chi connectivity index (χ0n) is 34.7. The van der Waals surface area contributed by atoms with Crippen molar-refractivity contribution in [2.45, 2.75) is 121 Å². The first kappa shape index (κ1) is 45.7. The van der Waals surface area contributed by atoms with E-state index in [2.05, 4.69) is 31.2 Å². The number of halogens is 1. The topological polar surface area (TPSA) is 197 Å². The van der Waals surface area contributed by atoms with Crippen LogP contribution in [0.2, 0.25) is 5.02 Å². The molecule has 12 nitrogen and oxygen atoms in total. The fourth-order valence-electron chi connectivity index (χ4n) is 7.93. The van der Waals surface area contributed by atoms with Gasteiger partial charge in [-0.3, -0.25) is 24.2 Å². The molecule has 1 aromatic heterocycles. The van der Waals surface area contributed by atoms with Gasteiger partial charge in [0.1, 0.15) is 12.1 Å². The number of amides is 4. The molecule has 1 fully saturated rings. The number of hydrogen-bond acceptors (Lipinski definition) is 5. The summed E-state index contributed by atoms with van der Waals surface area (Å²) in [6, 6.07) is 23.2. The second-order valence-electron chi connectivity index (χ2n) is 16.1. The van der Waals surface area contributed by atoms with Crippen LogP contribution in [0.3, 0.4) is 0 Å². The maximum absolute atomic E-state index is 14.5. The van der Waals surface area contributed by atoms with Gasteiger partial charge in [-0.2, -0.15) is 0 Å². The fourth-order valence-corrected chi connectivity index (χ4v) is 8.05. The third kappa shape index (κ3) is 15.7. The number of hydrogen-bond donors (Lipinski definition) is 7. The van der Waals surface area contributed by atoms with E-state index in [9.17, 15) is 19.2 Å². The largest absolute Gasteiger partial charge is 0.370 e. The number of nitrogens with zero attached hydrogens (tertiary/aromatic N) is 1. The molecular formula is C47H63ClN8O4. The Bertz CT molecular complexity index is 1980. The molecule has 5 rings (SSSR count). The number of carbonyl (C=O) groups excluding carboxylic acids is 4. The molecule has 322 valence electrons. The van der Waals surface area contributed by atoms with E-state index in [0.29, 0.717) is 50.1 Å². The summed E-state index contributed by atoms with van der Waals surface area (Å²) in [5, 5.41) is 14.1. The number of benzene rings is 3. The molecule has 1 aliphatic rings. The Kier molecular flexibility index (Phi) is 18.8. The van der Waals surface area contributed by atoms with Crippen molar-refractivity contribution in [2.24, 2.45) is 22.4 Å². The monoisotopic (exact) mass is 838 g/mol. The minimum absolute atomic E-state index is 0.00855. The van der Waals surface area contributed by atoms with Crippen molar-refractivity contribution < 1.29 is 19.2 Å². The average Bonchev–Trinajstić information content (AvgIpc) is 3.65. The Labute approximate surface area is 359 Å². The van der Waals surface area contributed by atoms with Crippen LogP contribution in [0.15, 0.2) is 90.1 Å². The second kappa shape index (κ2) is 24.7. The van der Waals surface area contributed by atoms with Crippen LogP contribution in [0.5, 0.6) is 0 Å². The quantitative estimate of drug-likeness (QED) is 0.0549. The van der Waals surface area contributed by atoms with E-state index >= 15 is 0 Å². The number of carbonyl (C=O) groups is 4. The summed E-state index contributed by atoms with van der Waals surface area (Å²) >= 11 is 6.20. The Morgan fingerprint density at radius 2 is 1.33 bits per heavy atom. The molecule has 4 amide bonds. The molecule has 13 heteroatoms. The minimum Gasteiger partial charge on any atom is -0.370 e. The molecule has 60 heavy (non-hydrogen) atoms. The van der Waals surface area contributed by atoms with Gasteiger partial charge >= 0.3 is 0 Å². The van der Waals surface area contributed by atoms with Crippen molar-refractivity contribution in [1.82, 2.24) is 26.3 Å². The van der Waals surface area contributed by atoms with Crippen LogP contribution in [0.1, 0.15) is 100 Å². The molecule has 0 radical (unpaired) electrons. The molecule has 1 saturated heterocycles. The number of aromatic amines is 1. The van der Waals surface area contributed by atoms with E-state index in [1.165, 1.54) is 0 Å². The van der Waals surface area contributed by atoms with E-state index in [1.807, 2.05) is 85.1 Å². The molecular weight excluding hydrogens is 776 g/mol. The maximum atomic E-state index is 14.5. The standard InChI is InChI=1S/C47H63ClN8O4/c48-37-24-21-34(22-25-37)30-38-26-23-35(29-33-15-8-7-9-16-33)44(58)55-41(19-14-28-52-47(49)50)46(60)56-42(31-36-32-53-40-18-12-11-17-39(36)40)45(59)51-27-13-6-4-2-1-3-5-10-20-43(57)54-38/h7-9,11-12,15-18,21-22,24-25,32,35,38,41-42,53H,1-6,10,13-14,19-20,23,26-31H2,(H,51,59)(H,54,57)(H,55,58)(H,56,60)(H4,49,50,52)/t35-,38-,41+,42+/m1/s1. The van der Waals surface area contributed by atoms with Gasteiger partial charge in [0.25, 0.3) is 0 Å². The van der Waals surface area contributed by atoms with E-state index in [4.69, 9.17) is 23.1 Å². The summed E-state index contributed by atoms with van der Waals surface area (Å²) in [6.45, 7) is 0.758. The Balaban J connectivity index is 1.42. The summed E-state index contributed by atoms with van der Waals surface area (Å²) in [5.41, 5.74) is 15.1. The van der Waals surface area contributed by atoms with E-state index in [0.717, 1.165) is 79.0 Å². The van der Waals surface area contributed by atoms with Gasteiger partial charge in [0.15, 0.2) is 5.96 Å². The highest BCUT2D eigenvalue weighted by molar-refractivity contribution is 6.30. The predicted octanol–water partition coefficient (Wildman–Crippen LogP) is 6.39. The number of aliphatic imine (C=N–C) groups is 1. The highest BCUT2D eigenvalue weighted by atomic mass is 35.5. The molecule has 3 aromatic carbocycles. The van der Waals surface area contributed by atoms with Gasteiger partial charge in [0.05, 0.1) is 0 Å². The SMILES string of the molecule is NC(N)=NCCC[C@@H]1NC(=O)[C@@H](Cc2ccccc2)CC[C@H](Cc2ccc(Cl)cc2)NC(=O)CCCCCCCCCCNC(=O)[C@H](Cc2c[nH]c3ccccc23)NC1=O. The van der Waals surface area contributed by atoms with Gasteiger partial charge in [-0.15, -0.1) is 0 Å². The van der Waals surface area contributed by atoms with Crippen LogP contribution in [0.4, 0.5) is 0 Å². The molecule has 0 aliphatic carbocycles. The third-order valence-electron chi connectivity index (χ3n) is 11.3. The van der Waals surface area contributed by atoms with Gasteiger partial charge < -0.3 is 37.7 Å². The highest BCUT2D eigenvalue weighted by Gasteiger charge is 2.30. The van der Waals surface area contributed by atoms with Crippen molar-refractivity contribution in [2.75, 3.05) is 13.1 Å². The Morgan fingerprint density at radius 3 is 2.08 bits per heavy atom. The van der Waals surface area contributed by atoms with Gasteiger partial charge in [-0.05, 0) is 86.3 Å². The lowest BCUT2D eigenvalue weighted by Gasteiger charge is -2.26. The highest BCUT2D eigenvalue weighted by Crippen LogP contribution is 2.22. The molecule has 9 N–H and O–H groups in total. The summed E-state index contributed by atoms with van der Waals surface area (Å²) in [7, 11) is 0. The number of nitrogens with two attached hydrogens (primary N) is 2. The number of fused-ring (bicyclic) bond motifs is 1. The first-order valence-electron chi connectivity index (χ1n) is 21.7. The normalized spacial score (nSPS) is 21.1. The van der Waals surface area contributed by atoms with Crippen molar-refractivity contribution in [3.63, 3.8) is 0 Å². The maximum Gasteiger partial charge on any atom is 0.243 e. The number of H-pyrrole nitrogens is 1. The summed E-state index contributed by atoms with van der Waals surface area (Å²) in [6.07, 6.45) is 13.2. The first-order chi connectivity index (χ1) is 29.1.